The van der Waals surface area contributed by atoms with Gasteiger partial charge in [-0.05, 0) is 45.2 Å². The molecule has 10 heavy (non-hydrogen) atoms. The predicted octanol–water partition coefficient (Wildman–Crippen LogP) is 2.66. The maximum atomic E-state index is 4.48. The van der Waals surface area contributed by atoms with Gasteiger partial charge in [0, 0.05) is 0 Å². The van der Waals surface area contributed by atoms with E-state index < -0.39 is 0 Å². The Morgan fingerprint density at radius 2 is 2.20 bits per heavy atom. The van der Waals surface area contributed by atoms with Crippen LogP contribution < -0.4 is 0 Å². The Balaban J connectivity index is 2.59. The molecule has 1 unspecified atom stereocenters. The van der Waals surface area contributed by atoms with E-state index in [2.05, 4.69) is 32.0 Å². The number of hydrogen-bond acceptors (Lipinski definition) is 1. The molecule has 1 nitrogen and oxygen atoms in total. The van der Waals surface area contributed by atoms with Crippen molar-refractivity contribution in [2.75, 3.05) is 0 Å². The number of nitrogens with zero attached hydrogens (tertiary/aromatic N) is 1. The second-order valence-corrected chi connectivity index (χ2v) is 4.01. The van der Waals surface area contributed by atoms with Crippen LogP contribution >= 0.6 is 0 Å². The average Bonchev–Trinajstić information content (AvgIpc) is 1.90. The highest BCUT2D eigenvalue weighted by atomic mass is 14.8. The van der Waals surface area contributed by atoms with Gasteiger partial charge in [0.1, 0.15) is 0 Å². The van der Waals surface area contributed by atoms with E-state index in [1.54, 1.807) is 0 Å². The van der Waals surface area contributed by atoms with Crippen molar-refractivity contribution in [3.05, 3.63) is 0 Å². The molecule has 0 saturated heterocycles. The fourth-order valence-electron chi connectivity index (χ4n) is 1.68. The molecule has 0 aromatic rings. The number of rotatable bonds is 0. The summed E-state index contributed by atoms with van der Waals surface area (Å²) >= 11 is 0. The molecule has 1 atom stereocenters. The first-order chi connectivity index (χ1) is 4.60. The maximum absolute atomic E-state index is 4.48. The van der Waals surface area contributed by atoms with Crippen LogP contribution in [0.4, 0.5) is 0 Å². The molecule has 1 heterocycles. The van der Waals surface area contributed by atoms with Crippen molar-refractivity contribution in [3.8, 4) is 0 Å². The predicted molar refractivity (Wildman–Crippen MR) is 45.6 cm³/mol. The van der Waals surface area contributed by atoms with E-state index in [1.165, 1.54) is 19.3 Å². The van der Waals surface area contributed by atoms with Crippen molar-refractivity contribution in [2.24, 2.45) is 10.9 Å². The van der Waals surface area contributed by atoms with Crippen molar-refractivity contribution < 1.29 is 0 Å². The van der Waals surface area contributed by atoms with E-state index in [0.717, 1.165) is 5.92 Å². The Hall–Kier alpha value is -0.330. The summed E-state index contributed by atoms with van der Waals surface area (Å²) in [6, 6.07) is 0. The zero-order valence-corrected chi connectivity index (χ0v) is 7.22. The first-order valence-corrected chi connectivity index (χ1v) is 4.14. The Bertz CT molecular complexity index is 136. The smallest absolute Gasteiger partial charge is 0.0550 e. The minimum Gasteiger partial charge on any atom is -0.291 e. The van der Waals surface area contributed by atoms with Crippen LogP contribution in [0.2, 0.25) is 0 Å². The Labute approximate surface area is 63.5 Å². The third kappa shape index (κ3) is 2.13. The molecule has 0 saturated carbocycles. The highest BCUT2D eigenvalue weighted by Crippen LogP contribution is 2.25. The van der Waals surface area contributed by atoms with Crippen LogP contribution in [0.5, 0.6) is 0 Å². The topological polar surface area (TPSA) is 12.4 Å². The van der Waals surface area contributed by atoms with Gasteiger partial charge in [-0.15, -0.1) is 0 Å². The fourth-order valence-corrected chi connectivity index (χ4v) is 1.68. The van der Waals surface area contributed by atoms with Crippen LogP contribution in [0.15, 0.2) is 4.99 Å². The van der Waals surface area contributed by atoms with Crippen LogP contribution in [0.3, 0.4) is 0 Å². The van der Waals surface area contributed by atoms with Crippen LogP contribution in [0.1, 0.15) is 40.0 Å². The molecule has 1 heteroatoms. The second kappa shape index (κ2) is 2.73. The van der Waals surface area contributed by atoms with E-state index in [4.69, 9.17) is 0 Å². The summed E-state index contributed by atoms with van der Waals surface area (Å²) in [5.74, 6) is 0.845. The lowest BCUT2D eigenvalue weighted by Crippen LogP contribution is -2.18. The normalized spacial score (nSPS) is 31.7. The van der Waals surface area contributed by atoms with Gasteiger partial charge >= 0.3 is 0 Å². The molecular weight excluding hydrogens is 122 g/mol. The van der Waals surface area contributed by atoms with Crippen LogP contribution in [0.25, 0.3) is 0 Å². The Morgan fingerprint density at radius 3 is 2.90 bits per heavy atom. The monoisotopic (exact) mass is 139 g/mol. The van der Waals surface area contributed by atoms with Crippen LogP contribution in [0, 0.1) is 5.92 Å². The van der Waals surface area contributed by atoms with Gasteiger partial charge in [-0.2, -0.15) is 0 Å². The van der Waals surface area contributed by atoms with E-state index in [0.29, 0.717) is 0 Å². The lowest BCUT2D eigenvalue weighted by atomic mass is 9.91. The quantitative estimate of drug-likeness (QED) is 0.489. The van der Waals surface area contributed by atoms with E-state index >= 15 is 0 Å². The van der Waals surface area contributed by atoms with Gasteiger partial charge in [-0.25, -0.2) is 0 Å². The van der Waals surface area contributed by atoms with Crippen molar-refractivity contribution in [3.63, 3.8) is 0 Å². The molecule has 58 valence electrons. The van der Waals surface area contributed by atoms with E-state index in [-0.39, 0.29) is 5.54 Å². The highest BCUT2D eigenvalue weighted by Gasteiger charge is 2.20. The number of hydrogen-bond donors (Lipinski definition) is 0. The lowest BCUT2D eigenvalue weighted by molar-refractivity contribution is 0.384. The molecule has 1 rings (SSSR count). The minimum absolute atomic E-state index is 0.204. The summed E-state index contributed by atoms with van der Waals surface area (Å²) in [6.07, 6.45) is 5.81. The standard InChI is InChI=1S/C9H17N/c1-8-5-4-6-10-9(2,3)7-8/h6,8H,4-5,7H2,1-3H3. The molecule has 0 amide bonds. The van der Waals surface area contributed by atoms with E-state index in [1.807, 2.05) is 0 Å². The lowest BCUT2D eigenvalue weighted by Gasteiger charge is -2.20. The maximum Gasteiger partial charge on any atom is 0.0550 e. The first-order valence-electron chi connectivity index (χ1n) is 4.14. The molecule has 0 aromatic heterocycles. The van der Waals surface area contributed by atoms with Crippen molar-refractivity contribution in [2.45, 2.75) is 45.6 Å². The van der Waals surface area contributed by atoms with Gasteiger partial charge < -0.3 is 0 Å². The molecule has 0 radical (unpaired) electrons. The SMILES string of the molecule is CC1CCC=NC(C)(C)C1. The highest BCUT2D eigenvalue weighted by molar-refractivity contribution is 5.58. The minimum atomic E-state index is 0.204. The zero-order chi connectivity index (χ0) is 7.61. The van der Waals surface area contributed by atoms with Crippen LogP contribution in [-0.4, -0.2) is 11.8 Å². The van der Waals surface area contributed by atoms with Crippen molar-refractivity contribution in [1.29, 1.82) is 0 Å². The third-order valence-electron chi connectivity index (χ3n) is 2.08. The van der Waals surface area contributed by atoms with E-state index in [9.17, 15) is 0 Å². The molecule has 0 aliphatic carbocycles. The van der Waals surface area contributed by atoms with Gasteiger partial charge in [0.05, 0.1) is 5.54 Å². The van der Waals surface area contributed by atoms with Gasteiger partial charge in [-0.1, -0.05) is 6.92 Å². The van der Waals surface area contributed by atoms with Crippen molar-refractivity contribution >= 4 is 6.21 Å². The van der Waals surface area contributed by atoms with Gasteiger partial charge in [0.25, 0.3) is 0 Å². The molecule has 1 aliphatic heterocycles. The molecule has 0 N–H and O–H groups in total. The molecular formula is C9H17N. The summed E-state index contributed by atoms with van der Waals surface area (Å²) in [5, 5.41) is 0. The molecule has 0 aromatic carbocycles. The summed E-state index contributed by atoms with van der Waals surface area (Å²) < 4.78 is 0. The molecule has 0 fully saturated rings. The Kier molecular flexibility index (Phi) is 2.12. The fraction of sp³-hybridized carbons (Fsp3) is 0.889. The largest absolute Gasteiger partial charge is 0.291 e. The van der Waals surface area contributed by atoms with Gasteiger partial charge in [0.2, 0.25) is 0 Å². The second-order valence-electron chi connectivity index (χ2n) is 4.01. The van der Waals surface area contributed by atoms with Gasteiger partial charge in [0.15, 0.2) is 0 Å². The number of aliphatic imine (C=N–C) groups is 1. The summed E-state index contributed by atoms with van der Waals surface area (Å²) in [6.45, 7) is 6.74. The third-order valence-corrected chi connectivity index (χ3v) is 2.08. The average molecular weight is 139 g/mol. The van der Waals surface area contributed by atoms with Gasteiger partial charge in [-0.3, -0.25) is 4.99 Å². The molecule has 0 spiro atoms. The first kappa shape index (κ1) is 7.77. The zero-order valence-electron chi connectivity index (χ0n) is 7.22. The summed E-state index contributed by atoms with van der Waals surface area (Å²) in [4.78, 5) is 4.48. The Morgan fingerprint density at radius 1 is 1.50 bits per heavy atom. The molecule has 0 bridgehead atoms. The van der Waals surface area contributed by atoms with Crippen LogP contribution in [-0.2, 0) is 0 Å². The van der Waals surface area contributed by atoms with Crippen molar-refractivity contribution in [1.82, 2.24) is 0 Å². The molecule has 1 aliphatic rings. The summed E-state index contributed by atoms with van der Waals surface area (Å²) in [5.41, 5.74) is 0.204. The summed E-state index contributed by atoms with van der Waals surface area (Å²) in [7, 11) is 0.